The lowest BCUT2D eigenvalue weighted by molar-refractivity contribution is 0.477. The van der Waals surface area contributed by atoms with Gasteiger partial charge in [0, 0.05) is 25.8 Å². The van der Waals surface area contributed by atoms with Crippen LogP contribution < -0.4 is 0 Å². The number of hydrogen-bond acceptors (Lipinski definition) is 3. The van der Waals surface area contributed by atoms with Gasteiger partial charge in [0.25, 0.3) is 0 Å². The zero-order valence-electron chi connectivity index (χ0n) is 38.6. The molecule has 0 saturated heterocycles. The summed E-state index contributed by atoms with van der Waals surface area (Å²) in [5, 5.41) is 11.3. The number of aromatic nitrogens is 3. The van der Waals surface area contributed by atoms with Gasteiger partial charge in [-0.15, -0.1) is 0 Å². The first-order valence-corrected chi connectivity index (χ1v) is 21.0. The molecule has 8 aromatic rings. The molecule has 0 aliphatic heterocycles. The van der Waals surface area contributed by atoms with E-state index in [9.17, 15) is 5.11 Å². The number of rotatable bonds is 8. The average molecular weight is 790 g/mol. The number of para-hydroxylation sites is 2. The van der Waals surface area contributed by atoms with Crippen LogP contribution in [0.1, 0.15) is 106 Å². The maximum atomic E-state index is 11.3. The molecular formula is C56H57N3O. The molecule has 60 heavy (non-hydrogen) atoms. The van der Waals surface area contributed by atoms with Gasteiger partial charge in [-0.1, -0.05) is 154 Å². The number of nitrogens with zero attached hydrogens (tertiary/aromatic N) is 3. The standard InChI is InChI=1S/C56H57N3O/c1-35(2)45-16-13-17-46(36(3)4)52(45)38-23-27-44(28-24-38)59-50-19-14-18-47(53(50)58-54(59)48-15-11-12-20-51(48)60)40-31-41(33-43(32-40)56(8,9)10)49-34-39(29-30-57-49)37-21-25-42(26-22-37)55(5,6)7/h11-36,60H,1-10H3/i35D,36D. The van der Waals surface area contributed by atoms with Crippen LogP contribution in [0.5, 0.6) is 5.75 Å². The summed E-state index contributed by atoms with van der Waals surface area (Å²) in [4.78, 5) is 10.3. The van der Waals surface area contributed by atoms with Crippen LogP contribution in [-0.2, 0) is 10.8 Å². The lowest BCUT2D eigenvalue weighted by Crippen LogP contribution is -2.11. The summed E-state index contributed by atoms with van der Waals surface area (Å²) >= 11 is 0. The van der Waals surface area contributed by atoms with Gasteiger partial charge in [0.15, 0.2) is 0 Å². The maximum absolute atomic E-state index is 11.3. The van der Waals surface area contributed by atoms with E-state index < -0.39 is 11.8 Å². The molecule has 302 valence electrons. The van der Waals surface area contributed by atoms with Gasteiger partial charge in [-0.25, -0.2) is 4.98 Å². The third kappa shape index (κ3) is 7.79. The first kappa shape index (κ1) is 38.0. The van der Waals surface area contributed by atoms with E-state index in [1.807, 2.05) is 70.3 Å². The maximum Gasteiger partial charge on any atom is 0.149 e. The first-order valence-electron chi connectivity index (χ1n) is 22.0. The highest BCUT2D eigenvalue weighted by molar-refractivity contribution is 5.97. The van der Waals surface area contributed by atoms with Gasteiger partial charge >= 0.3 is 0 Å². The monoisotopic (exact) mass is 789 g/mol. The Labute approximate surface area is 359 Å². The van der Waals surface area contributed by atoms with E-state index in [0.717, 1.165) is 72.5 Å². The molecule has 0 aliphatic carbocycles. The van der Waals surface area contributed by atoms with E-state index in [1.54, 1.807) is 6.07 Å². The molecule has 0 unspecified atom stereocenters. The Hall–Kier alpha value is -6.26. The van der Waals surface area contributed by atoms with Crippen LogP contribution in [0, 0.1) is 0 Å². The van der Waals surface area contributed by atoms with Crippen LogP contribution in [0.4, 0.5) is 0 Å². The van der Waals surface area contributed by atoms with Crippen molar-refractivity contribution in [3.63, 3.8) is 0 Å². The van der Waals surface area contributed by atoms with E-state index in [0.29, 0.717) is 11.4 Å². The molecule has 0 fully saturated rings. The quantitative estimate of drug-likeness (QED) is 0.167. The summed E-state index contributed by atoms with van der Waals surface area (Å²) in [5.74, 6) is -0.970. The Morgan fingerprint density at radius 1 is 0.550 bits per heavy atom. The van der Waals surface area contributed by atoms with Crippen molar-refractivity contribution in [2.45, 2.75) is 91.9 Å². The molecule has 0 aliphatic rings. The zero-order chi connectivity index (χ0) is 44.4. The predicted octanol–water partition coefficient (Wildman–Crippen LogP) is 15.3. The highest BCUT2D eigenvalue weighted by atomic mass is 16.3. The number of aromatic hydroxyl groups is 1. The molecule has 6 aromatic carbocycles. The third-order valence-corrected chi connectivity index (χ3v) is 11.6. The van der Waals surface area contributed by atoms with Gasteiger partial charge in [0.2, 0.25) is 0 Å². The molecular weight excluding hydrogens is 731 g/mol. The predicted molar refractivity (Wildman–Crippen MR) is 253 cm³/mol. The normalized spacial score (nSPS) is 13.0. The minimum Gasteiger partial charge on any atom is -0.507 e. The smallest absolute Gasteiger partial charge is 0.149 e. The highest BCUT2D eigenvalue weighted by Crippen LogP contribution is 2.41. The van der Waals surface area contributed by atoms with E-state index in [-0.39, 0.29) is 16.6 Å². The van der Waals surface area contributed by atoms with Crippen LogP contribution in [0.2, 0.25) is 0 Å². The van der Waals surface area contributed by atoms with Crippen molar-refractivity contribution in [3.8, 4) is 67.5 Å². The van der Waals surface area contributed by atoms with Crippen molar-refractivity contribution < 1.29 is 7.85 Å². The first-order chi connectivity index (χ1) is 29.2. The number of fused-ring (bicyclic) bond motifs is 1. The lowest BCUT2D eigenvalue weighted by atomic mass is 9.83. The SMILES string of the molecule is [2H]C(C)(C)c1cccc(C([2H])(C)C)c1-c1ccc(-n2c(-c3ccccc3O)nc3c(-c4cc(-c5cc(-c6ccc(C(C)(C)C)cc6)ccn5)cc(C(C)(C)C)c4)cccc32)cc1. The van der Waals surface area contributed by atoms with Gasteiger partial charge in [-0.3, -0.25) is 9.55 Å². The van der Waals surface area contributed by atoms with Crippen molar-refractivity contribution in [1.82, 2.24) is 14.5 Å². The Bertz CT molecular complexity index is 2900. The molecule has 4 nitrogen and oxygen atoms in total. The van der Waals surface area contributed by atoms with Gasteiger partial charge in [0.1, 0.15) is 11.6 Å². The van der Waals surface area contributed by atoms with E-state index in [1.165, 1.54) is 11.1 Å². The molecule has 2 aromatic heterocycles. The number of imidazole rings is 1. The van der Waals surface area contributed by atoms with Crippen molar-refractivity contribution in [2.75, 3.05) is 0 Å². The molecule has 0 radical (unpaired) electrons. The molecule has 0 spiro atoms. The molecule has 4 heteroatoms. The topological polar surface area (TPSA) is 50.9 Å². The van der Waals surface area contributed by atoms with Crippen molar-refractivity contribution in [3.05, 3.63) is 168 Å². The number of pyridine rings is 1. The van der Waals surface area contributed by atoms with Gasteiger partial charge in [0.05, 0.1) is 22.3 Å². The summed E-state index contributed by atoms with van der Waals surface area (Å²) in [7, 11) is 0. The highest BCUT2D eigenvalue weighted by Gasteiger charge is 2.23. The summed E-state index contributed by atoms with van der Waals surface area (Å²) < 4.78 is 20.2. The van der Waals surface area contributed by atoms with Crippen LogP contribution in [0.3, 0.4) is 0 Å². The largest absolute Gasteiger partial charge is 0.507 e. The van der Waals surface area contributed by atoms with Gasteiger partial charge in [-0.2, -0.15) is 0 Å². The average Bonchev–Trinajstić information content (AvgIpc) is 3.62. The Kier molecular flexibility index (Phi) is 9.96. The van der Waals surface area contributed by atoms with Gasteiger partial charge < -0.3 is 5.11 Å². The molecule has 2 heterocycles. The van der Waals surface area contributed by atoms with Crippen molar-refractivity contribution >= 4 is 11.0 Å². The van der Waals surface area contributed by atoms with Crippen LogP contribution in [0.15, 0.2) is 146 Å². The molecule has 0 amide bonds. The third-order valence-electron chi connectivity index (χ3n) is 11.6. The number of phenols is 1. The molecule has 8 rings (SSSR count). The number of hydrogen-bond donors (Lipinski definition) is 1. The van der Waals surface area contributed by atoms with E-state index in [2.05, 4.69) is 143 Å². The molecule has 0 bridgehead atoms. The Morgan fingerprint density at radius 2 is 1.15 bits per heavy atom. The number of benzene rings is 6. The van der Waals surface area contributed by atoms with Crippen molar-refractivity contribution in [1.29, 1.82) is 0 Å². The van der Waals surface area contributed by atoms with E-state index >= 15 is 0 Å². The van der Waals surface area contributed by atoms with Crippen LogP contribution in [0.25, 0.3) is 72.7 Å². The lowest BCUT2D eigenvalue weighted by Gasteiger charge is -2.22. The van der Waals surface area contributed by atoms with E-state index in [4.69, 9.17) is 12.7 Å². The minimum absolute atomic E-state index is 0.0785. The van der Waals surface area contributed by atoms with Crippen molar-refractivity contribution in [2.24, 2.45) is 0 Å². The van der Waals surface area contributed by atoms with Crippen LogP contribution in [-0.4, -0.2) is 19.6 Å². The Morgan fingerprint density at radius 3 is 1.78 bits per heavy atom. The second-order valence-electron chi connectivity index (χ2n) is 18.5. The summed E-state index contributed by atoms with van der Waals surface area (Å²) in [6.45, 7) is 21.0. The molecule has 1 N–H and O–H groups in total. The summed E-state index contributed by atoms with van der Waals surface area (Å²) in [5.41, 5.74) is 15.5. The fourth-order valence-electron chi connectivity index (χ4n) is 8.21. The fourth-order valence-corrected chi connectivity index (χ4v) is 8.21. The van der Waals surface area contributed by atoms with Crippen LogP contribution >= 0.6 is 0 Å². The number of phenolic OH excluding ortho intramolecular Hbond substituents is 1. The Balaban J connectivity index is 1.30. The fraction of sp³-hybridized carbons (Fsp3) is 0.250. The second kappa shape index (κ2) is 15.7. The molecule has 0 saturated carbocycles. The summed E-state index contributed by atoms with van der Waals surface area (Å²) in [6, 6.07) is 47.8. The zero-order valence-corrected chi connectivity index (χ0v) is 36.6. The minimum atomic E-state index is -0.869. The summed E-state index contributed by atoms with van der Waals surface area (Å²) in [6.07, 6.45) is 1.90. The second-order valence-corrected chi connectivity index (χ2v) is 18.5. The molecule has 0 atom stereocenters. The van der Waals surface area contributed by atoms with Gasteiger partial charge in [-0.05, 0) is 127 Å².